The largest absolute Gasteiger partial charge is 0.494 e. The molecule has 0 saturated heterocycles. The highest BCUT2D eigenvalue weighted by molar-refractivity contribution is 5.98. The number of hydrogen-bond donors (Lipinski definition) is 0. The maximum absolute atomic E-state index is 13.4. The summed E-state index contributed by atoms with van der Waals surface area (Å²) in [5.41, 5.74) is 4.29. The van der Waals surface area contributed by atoms with Gasteiger partial charge in [0.15, 0.2) is 23.0 Å². The highest BCUT2D eigenvalue weighted by Gasteiger charge is 2.21. The zero-order valence-electron chi connectivity index (χ0n) is 43.8. The quantitative estimate of drug-likeness (QED) is 0.0262. The minimum atomic E-state index is -0.799. The molecule has 12 heteroatoms. The van der Waals surface area contributed by atoms with E-state index >= 15 is 0 Å². The molecule has 0 unspecified atom stereocenters. The number of benzene rings is 7. The Hall–Kier alpha value is -8.38. The second-order valence-corrected chi connectivity index (χ2v) is 18.2. The molecular weight excluding hydrogens is 961 g/mol. The highest BCUT2D eigenvalue weighted by Crippen LogP contribution is 2.33. The van der Waals surface area contributed by atoms with E-state index in [1.165, 1.54) is 139 Å². The third-order valence-corrected chi connectivity index (χ3v) is 12.6. The molecule has 0 heterocycles. The average molecular weight is 1030 g/mol. The summed E-state index contributed by atoms with van der Waals surface area (Å²) in [6.07, 6.45) is 14.5. The van der Waals surface area contributed by atoms with Gasteiger partial charge in [0.1, 0.15) is 23.0 Å². The average Bonchev–Trinajstić information content (AvgIpc) is 3.45. The topological polar surface area (TPSA) is 142 Å². The van der Waals surface area contributed by atoms with Crippen LogP contribution in [0.1, 0.15) is 132 Å². The fourth-order valence-corrected chi connectivity index (χ4v) is 8.24. The summed E-state index contributed by atoms with van der Waals surface area (Å²) in [6.45, 7) is 5.83. The van der Waals surface area contributed by atoms with Crippen LogP contribution in [0, 0.1) is 0 Å². The van der Waals surface area contributed by atoms with Crippen LogP contribution in [0.4, 0.5) is 0 Å². The third kappa shape index (κ3) is 16.3. The van der Waals surface area contributed by atoms with E-state index in [0.29, 0.717) is 24.7 Å². The molecule has 0 amide bonds. The van der Waals surface area contributed by atoms with Crippen molar-refractivity contribution < 1.29 is 57.1 Å². The first-order valence-corrected chi connectivity index (χ1v) is 26.2. The van der Waals surface area contributed by atoms with E-state index in [4.69, 9.17) is 37.9 Å². The number of rotatable bonds is 28. The van der Waals surface area contributed by atoms with Gasteiger partial charge in [0.2, 0.25) is 0 Å². The lowest BCUT2D eigenvalue weighted by atomic mass is 10.1. The minimum Gasteiger partial charge on any atom is -0.494 e. The van der Waals surface area contributed by atoms with Gasteiger partial charge >= 0.3 is 23.9 Å². The van der Waals surface area contributed by atoms with Gasteiger partial charge in [-0.3, -0.25) is 0 Å². The van der Waals surface area contributed by atoms with Crippen LogP contribution in [0.25, 0.3) is 22.3 Å². The first kappa shape index (κ1) is 55.4. The van der Waals surface area contributed by atoms with Crippen LogP contribution in [0.5, 0.6) is 46.0 Å². The van der Waals surface area contributed by atoms with Crippen LogP contribution in [0.3, 0.4) is 0 Å². The summed E-state index contributed by atoms with van der Waals surface area (Å²) in [7, 11) is 2.75. The molecule has 0 bridgehead atoms. The molecule has 0 atom stereocenters. The van der Waals surface area contributed by atoms with E-state index in [9.17, 15) is 19.2 Å². The van der Waals surface area contributed by atoms with Gasteiger partial charge in [-0.05, 0) is 138 Å². The van der Waals surface area contributed by atoms with Gasteiger partial charge in [-0.15, -0.1) is 0 Å². The van der Waals surface area contributed by atoms with Crippen LogP contribution in [0.2, 0.25) is 0 Å². The molecule has 0 spiro atoms. The summed E-state index contributed by atoms with van der Waals surface area (Å²) in [5.74, 6) is -0.258. The first-order valence-electron chi connectivity index (χ1n) is 26.2. The number of hydrogen-bond acceptors (Lipinski definition) is 12. The molecule has 0 fully saturated rings. The Labute approximate surface area is 445 Å². The van der Waals surface area contributed by atoms with Crippen molar-refractivity contribution in [2.45, 2.75) is 90.9 Å². The smallest absolute Gasteiger partial charge is 0.343 e. The Morgan fingerprint density at radius 2 is 0.632 bits per heavy atom. The number of carbonyl (C=O) groups excluding carboxylic acids is 4. The van der Waals surface area contributed by atoms with Crippen molar-refractivity contribution in [2.24, 2.45) is 0 Å². The van der Waals surface area contributed by atoms with Crippen molar-refractivity contribution in [3.63, 3.8) is 0 Å². The van der Waals surface area contributed by atoms with Crippen molar-refractivity contribution in [1.82, 2.24) is 0 Å². The zero-order chi connectivity index (χ0) is 53.5. The van der Waals surface area contributed by atoms with E-state index in [2.05, 4.69) is 13.8 Å². The SMILES string of the molecule is CCCCCCCCOc1ccc(-c2ccc(OC(=O)c3ccc(OC(=O)c4cccc(C(=O)Oc5ccc(C(=O)Oc6ccc(-c7ccc(OCCCCCCCC)cc7)cc6)cc5OC)c4)c(OC)c3)cc2)cc1. The van der Waals surface area contributed by atoms with Gasteiger partial charge in [0.25, 0.3) is 0 Å². The molecule has 0 aromatic heterocycles. The van der Waals surface area contributed by atoms with Crippen molar-refractivity contribution in [2.75, 3.05) is 27.4 Å². The van der Waals surface area contributed by atoms with Crippen molar-refractivity contribution in [3.05, 3.63) is 180 Å². The van der Waals surface area contributed by atoms with Crippen LogP contribution >= 0.6 is 0 Å². The number of methoxy groups -OCH3 is 2. The summed E-state index contributed by atoms with van der Waals surface area (Å²) < 4.78 is 45.4. The number of carbonyl (C=O) groups is 4. The van der Waals surface area contributed by atoms with Gasteiger partial charge in [0.05, 0.1) is 49.7 Å². The maximum atomic E-state index is 13.4. The Morgan fingerprint density at radius 3 is 0.987 bits per heavy atom. The second kappa shape index (κ2) is 28.9. The molecule has 394 valence electrons. The lowest BCUT2D eigenvalue weighted by molar-refractivity contribution is 0.0720. The van der Waals surface area contributed by atoms with Gasteiger partial charge in [0, 0.05) is 0 Å². The van der Waals surface area contributed by atoms with Crippen molar-refractivity contribution in [1.29, 1.82) is 0 Å². The molecular formula is C64H66O12. The molecule has 7 aromatic carbocycles. The lowest BCUT2D eigenvalue weighted by Gasteiger charge is -2.12. The molecule has 7 aromatic rings. The van der Waals surface area contributed by atoms with Gasteiger partial charge in [-0.2, -0.15) is 0 Å². The highest BCUT2D eigenvalue weighted by atomic mass is 16.6. The van der Waals surface area contributed by atoms with Crippen LogP contribution in [0.15, 0.2) is 158 Å². The fourth-order valence-electron chi connectivity index (χ4n) is 8.24. The van der Waals surface area contributed by atoms with Crippen LogP contribution < -0.4 is 37.9 Å². The number of esters is 4. The fraction of sp³-hybridized carbons (Fsp3) is 0.281. The molecule has 12 nitrogen and oxygen atoms in total. The van der Waals surface area contributed by atoms with Gasteiger partial charge < -0.3 is 37.9 Å². The Balaban J connectivity index is 0.881. The van der Waals surface area contributed by atoms with Crippen LogP contribution in [-0.2, 0) is 0 Å². The normalized spacial score (nSPS) is 10.8. The summed E-state index contributed by atoms with van der Waals surface area (Å²) in [5, 5.41) is 0. The Bertz CT molecular complexity index is 2780. The molecule has 0 N–H and O–H groups in total. The van der Waals surface area contributed by atoms with E-state index in [1.54, 1.807) is 24.3 Å². The Kier molecular flexibility index (Phi) is 21.1. The van der Waals surface area contributed by atoms with E-state index < -0.39 is 23.9 Å². The lowest BCUT2D eigenvalue weighted by Crippen LogP contribution is -2.14. The Morgan fingerprint density at radius 1 is 0.316 bits per heavy atom. The monoisotopic (exact) mass is 1030 g/mol. The summed E-state index contributed by atoms with van der Waals surface area (Å²) in [6, 6.07) is 44.5. The third-order valence-electron chi connectivity index (χ3n) is 12.6. The molecule has 7 rings (SSSR count). The summed E-state index contributed by atoms with van der Waals surface area (Å²) in [4.78, 5) is 53.2. The zero-order valence-corrected chi connectivity index (χ0v) is 43.8. The number of unbranched alkanes of at least 4 members (excludes halogenated alkanes) is 10. The molecule has 0 aliphatic carbocycles. The predicted octanol–water partition coefficient (Wildman–Crippen LogP) is 15.4. The molecule has 0 aliphatic heterocycles. The number of ether oxygens (including phenoxy) is 8. The second-order valence-electron chi connectivity index (χ2n) is 18.2. The molecule has 0 aliphatic rings. The van der Waals surface area contributed by atoms with E-state index in [1.807, 2.05) is 72.8 Å². The molecule has 0 saturated carbocycles. The van der Waals surface area contributed by atoms with E-state index in [0.717, 1.165) is 46.6 Å². The molecule has 76 heavy (non-hydrogen) atoms. The van der Waals surface area contributed by atoms with Gasteiger partial charge in [-0.25, -0.2) is 19.2 Å². The molecule has 0 radical (unpaired) electrons. The van der Waals surface area contributed by atoms with Crippen molar-refractivity contribution >= 4 is 23.9 Å². The van der Waals surface area contributed by atoms with E-state index in [-0.39, 0.29) is 45.3 Å². The summed E-state index contributed by atoms with van der Waals surface area (Å²) >= 11 is 0. The minimum absolute atomic E-state index is 0.0335. The first-order chi connectivity index (χ1) is 37.1. The van der Waals surface area contributed by atoms with Gasteiger partial charge in [-0.1, -0.05) is 133 Å². The predicted molar refractivity (Wildman–Crippen MR) is 294 cm³/mol. The standard InChI is InChI=1S/C64H66O12/c1-5-7-9-11-13-15-40-71-53-30-20-45(21-31-53)47-24-34-55(35-25-47)73-61(65)51-28-38-57(59(43-51)69-3)75-63(67)49-18-17-19-50(42-49)64(68)76-58-39-29-52(44-60(58)70-4)62(66)74-56-36-26-48(27-37-56)46-22-32-54(33-23-46)72-41-16-14-12-10-8-6-2/h17-39,42-44H,5-16,40-41H2,1-4H3. The maximum Gasteiger partial charge on any atom is 0.343 e. The van der Waals surface area contributed by atoms with Crippen molar-refractivity contribution in [3.8, 4) is 68.2 Å². The van der Waals surface area contributed by atoms with Crippen LogP contribution in [-0.4, -0.2) is 51.3 Å².